The third kappa shape index (κ3) is 2.68. The fourth-order valence-corrected chi connectivity index (χ4v) is 2.89. The summed E-state index contributed by atoms with van der Waals surface area (Å²) in [6.45, 7) is 7.82. The molecular weight excluding hydrogens is 306 g/mol. The molecule has 24 heavy (non-hydrogen) atoms. The lowest BCUT2D eigenvalue weighted by Crippen LogP contribution is -2.40. The van der Waals surface area contributed by atoms with Gasteiger partial charge in [-0.05, 0) is 30.9 Å². The number of urea groups is 1. The number of nitrogens with zero attached hydrogens (tertiary/aromatic N) is 2. The monoisotopic (exact) mass is 327 g/mol. The fourth-order valence-electron chi connectivity index (χ4n) is 2.89. The second kappa shape index (κ2) is 5.78. The molecule has 2 aromatic rings. The summed E-state index contributed by atoms with van der Waals surface area (Å²) in [5, 5.41) is 6.65. The minimum atomic E-state index is -1.06. The first-order chi connectivity index (χ1) is 11.3. The van der Waals surface area contributed by atoms with Crippen LogP contribution in [0.25, 0.3) is 0 Å². The number of aromatic nitrogens is 1. The van der Waals surface area contributed by atoms with Gasteiger partial charge in [0.2, 0.25) is 0 Å². The molecule has 3 rings (SSSR count). The molecule has 3 amide bonds. The zero-order valence-corrected chi connectivity index (χ0v) is 14.3. The van der Waals surface area contributed by atoms with Gasteiger partial charge in [-0.25, -0.2) is 4.79 Å². The van der Waals surface area contributed by atoms with E-state index in [1.54, 1.807) is 19.9 Å². The number of nitrogens with one attached hydrogen (secondary N) is 1. The SMILES string of the molecule is Cc1cc(CN2C(=O)N[C@@](C)(c3ccc(C(C)C)cc3)C2=O)no1. The van der Waals surface area contributed by atoms with E-state index >= 15 is 0 Å². The molecule has 6 heteroatoms. The number of benzene rings is 1. The van der Waals surface area contributed by atoms with Crippen LogP contribution in [0, 0.1) is 6.92 Å². The standard InChI is InChI=1S/C18H21N3O3/c1-11(2)13-5-7-14(8-6-13)18(4)16(22)21(17(23)19-18)10-15-9-12(3)24-20-15/h5-9,11H,10H2,1-4H3,(H,19,23)/t18-/m0/s1. The third-order valence-electron chi connectivity index (χ3n) is 4.43. The number of aryl methyl sites for hydroxylation is 1. The van der Waals surface area contributed by atoms with Crippen molar-refractivity contribution in [1.82, 2.24) is 15.4 Å². The van der Waals surface area contributed by atoms with Crippen LogP contribution in [0.1, 0.15) is 49.3 Å². The highest BCUT2D eigenvalue weighted by atomic mass is 16.5. The minimum Gasteiger partial charge on any atom is -0.361 e. The van der Waals surface area contributed by atoms with E-state index in [1.165, 1.54) is 10.5 Å². The van der Waals surface area contributed by atoms with Gasteiger partial charge < -0.3 is 9.84 Å². The molecule has 0 bridgehead atoms. The Balaban J connectivity index is 1.86. The van der Waals surface area contributed by atoms with Gasteiger partial charge in [-0.3, -0.25) is 9.69 Å². The largest absolute Gasteiger partial charge is 0.361 e. The molecule has 1 fully saturated rings. The molecule has 126 valence electrons. The first-order valence-electron chi connectivity index (χ1n) is 7.98. The van der Waals surface area contributed by atoms with Crippen molar-refractivity contribution in [2.24, 2.45) is 0 Å². The van der Waals surface area contributed by atoms with Crippen molar-refractivity contribution in [1.29, 1.82) is 0 Å². The summed E-state index contributed by atoms with van der Waals surface area (Å²) in [5.41, 5.74) is 1.44. The molecule has 0 radical (unpaired) electrons. The van der Waals surface area contributed by atoms with Crippen LogP contribution in [0.4, 0.5) is 4.79 Å². The molecule has 2 heterocycles. The predicted octanol–water partition coefficient (Wildman–Crippen LogP) is 3.07. The van der Waals surface area contributed by atoms with Crippen LogP contribution < -0.4 is 5.32 Å². The van der Waals surface area contributed by atoms with Crippen molar-refractivity contribution in [3.8, 4) is 0 Å². The van der Waals surface area contributed by atoms with Crippen LogP contribution in [0.3, 0.4) is 0 Å². The maximum Gasteiger partial charge on any atom is 0.325 e. The Bertz CT molecular complexity index is 779. The van der Waals surface area contributed by atoms with Gasteiger partial charge in [0.25, 0.3) is 5.91 Å². The quantitative estimate of drug-likeness (QED) is 0.876. The lowest BCUT2D eigenvalue weighted by atomic mass is 9.90. The van der Waals surface area contributed by atoms with E-state index in [-0.39, 0.29) is 12.5 Å². The van der Waals surface area contributed by atoms with Crippen molar-refractivity contribution >= 4 is 11.9 Å². The molecular formula is C18H21N3O3. The Labute approximate surface area is 140 Å². The van der Waals surface area contributed by atoms with E-state index in [1.807, 2.05) is 24.3 Å². The smallest absolute Gasteiger partial charge is 0.325 e. The highest BCUT2D eigenvalue weighted by molar-refractivity contribution is 6.07. The summed E-state index contributed by atoms with van der Waals surface area (Å²) in [4.78, 5) is 26.3. The normalized spacial score (nSPS) is 20.8. The van der Waals surface area contributed by atoms with Crippen LogP contribution >= 0.6 is 0 Å². The second-order valence-electron chi connectivity index (χ2n) is 6.65. The van der Waals surface area contributed by atoms with E-state index in [0.29, 0.717) is 17.4 Å². The van der Waals surface area contributed by atoms with E-state index in [0.717, 1.165) is 5.56 Å². The molecule has 0 saturated carbocycles. The van der Waals surface area contributed by atoms with Crippen LogP contribution in [-0.4, -0.2) is 22.0 Å². The molecule has 0 unspecified atom stereocenters. The summed E-state index contributed by atoms with van der Waals surface area (Å²) in [6, 6.07) is 9.08. The van der Waals surface area contributed by atoms with Crippen molar-refractivity contribution in [2.45, 2.75) is 45.7 Å². The number of imide groups is 1. The Morgan fingerprint density at radius 2 is 1.92 bits per heavy atom. The highest BCUT2D eigenvalue weighted by Gasteiger charge is 2.49. The lowest BCUT2D eigenvalue weighted by molar-refractivity contribution is -0.131. The number of rotatable bonds is 4. The fraction of sp³-hybridized carbons (Fsp3) is 0.389. The summed E-state index contributed by atoms with van der Waals surface area (Å²) in [7, 11) is 0. The van der Waals surface area contributed by atoms with Crippen LogP contribution in [-0.2, 0) is 16.9 Å². The van der Waals surface area contributed by atoms with E-state index < -0.39 is 11.6 Å². The first-order valence-corrected chi connectivity index (χ1v) is 7.98. The van der Waals surface area contributed by atoms with Gasteiger partial charge in [0.1, 0.15) is 17.0 Å². The molecule has 1 aromatic carbocycles. The van der Waals surface area contributed by atoms with Crippen molar-refractivity contribution in [3.63, 3.8) is 0 Å². The zero-order chi connectivity index (χ0) is 17.5. The number of carbonyl (C=O) groups is 2. The molecule has 6 nitrogen and oxygen atoms in total. The van der Waals surface area contributed by atoms with Crippen LogP contribution in [0.5, 0.6) is 0 Å². The van der Waals surface area contributed by atoms with Crippen LogP contribution in [0.2, 0.25) is 0 Å². The van der Waals surface area contributed by atoms with Crippen LogP contribution in [0.15, 0.2) is 34.9 Å². The summed E-state index contributed by atoms with van der Waals surface area (Å²) >= 11 is 0. The molecule has 1 aromatic heterocycles. The van der Waals surface area contributed by atoms with E-state index in [4.69, 9.17) is 4.52 Å². The molecule has 0 aliphatic carbocycles. The average Bonchev–Trinajstić information content (AvgIpc) is 3.05. The molecule has 1 saturated heterocycles. The maximum atomic E-state index is 12.9. The van der Waals surface area contributed by atoms with Gasteiger partial charge in [0.05, 0.1) is 6.54 Å². The van der Waals surface area contributed by atoms with Gasteiger partial charge >= 0.3 is 6.03 Å². The number of amides is 3. The molecule has 0 spiro atoms. The Morgan fingerprint density at radius 1 is 1.25 bits per heavy atom. The molecule has 1 aliphatic rings. The Hall–Kier alpha value is -2.63. The van der Waals surface area contributed by atoms with Gasteiger partial charge in [-0.2, -0.15) is 0 Å². The predicted molar refractivity (Wildman–Crippen MR) is 88.2 cm³/mol. The van der Waals surface area contributed by atoms with Gasteiger partial charge in [-0.1, -0.05) is 43.3 Å². The second-order valence-corrected chi connectivity index (χ2v) is 6.65. The minimum absolute atomic E-state index is 0.0989. The van der Waals surface area contributed by atoms with E-state index in [9.17, 15) is 9.59 Å². The van der Waals surface area contributed by atoms with Gasteiger partial charge in [0.15, 0.2) is 0 Å². The molecule has 1 N–H and O–H groups in total. The molecule has 1 atom stereocenters. The third-order valence-corrected chi connectivity index (χ3v) is 4.43. The summed E-state index contributed by atoms with van der Waals surface area (Å²) < 4.78 is 5.00. The summed E-state index contributed by atoms with van der Waals surface area (Å²) in [6.07, 6.45) is 0. The van der Waals surface area contributed by atoms with Crippen molar-refractivity contribution in [2.75, 3.05) is 0 Å². The topological polar surface area (TPSA) is 75.4 Å². The number of carbonyl (C=O) groups excluding carboxylic acids is 2. The number of hydrogen-bond acceptors (Lipinski definition) is 4. The van der Waals surface area contributed by atoms with Gasteiger partial charge in [-0.15, -0.1) is 0 Å². The van der Waals surface area contributed by atoms with Gasteiger partial charge in [0, 0.05) is 6.07 Å². The van der Waals surface area contributed by atoms with Crippen molar-refractivity contribution in [3.05, 3.63) is 52.9 Å². The van der Waals surface area contributed by atoms with E-state index in [2.05, 4.69) is 24.3 Å². The maximum absolute atomic E-state index is 12.9. The average molecular weight is 327 g/mol. The molecule has 1 aliphatic heterocycles. The lowest BCUT2D eigenvalue weighted by Gasteiger charge is -2.22. The summed E-state index contributed by atoms with van der Waals surface area (Å²) in [5.74, 6) is 0.766. The van der Waals surface area contributed by atoms with Crippen molar-refractivity contribution < 1.29 is 14.1 Å². The highest BCUT2D eigenvalue weighted by Crippen LogP contribution is 2.30. The Kier molecular flexibility index (Phi) is 3.91. The Morgan fingerprint density at radius 3 is 2.46 bits per heavy atom. The zero-order valence-electron chi connectivity index (χ0n) is 14.3. The first kappa shape index (κ1) is 16.2. The number of hydrogen-bond donors (Lipinski definition) is 1.